The third-order valence-electron chi connectivity index (χ3n) is 3.26. The molecule has 0 bridgehead atoms. The van der Waals surface area contributed by atoms with E-state index >= 15 is 0 Å². The van der Waals surface area contributed by atoms with Gasteiger partial charge in [0.1, 0.15) is 5.82 Å². The average molecular weight is 293 g/mol. The first-order valence-electron chi connectivity index (χ1n) is 6.72. The van der Waals surface area contributed by atoms with Gasteiger partial charge >= 0.3 is 0 Å². The summed E-state index contributed by atoms with van der Waals surface area (Å²) in [6.07, 6.45) is 3.85. The lowest BCUT2D eigenvalue weighted by Gasteiger charge is -2.22. The first-order valence-corrected chi connectivity index (χ1v) is 7.10. The van der Waals surface area contributed by atoms with Crippen LogP contribution in [0.3, 0.4) is 0 Å². The Bertz CT molecular complexity index is 586. The van der Waals surface area contributed by atoms with Crippen molar-refractivity contribution in [2.75, 3.05) is 6.54 Å². The van der Waals surface area contributed by atoms with E-state index in [0.717, 1.165) is 24.1 Å². The summed E-state index contributed by atoms with van der Waals surface area (Å²) in [6.45, 7) is 4.89. The molecular weight excluding hydrogens is 275 g/mol. The molecule has 0 saturated carbocycles. The molecule has 106 valence electrons. The monoisotopic (exact) mass is 292 g/mol. The smallest absolute Gasteiger partial charge is 0.146 e. The van der Waals surface area contributed by atoms with Crippen molar-refractivity contribution < 1.29 is 4.39 Å². The van der Waals surface area contributed by atoms with Gasteiger partial charge in [0, 0.05) is 16.8 Å². The Morgan fingerprint density at radius 1 is 1.30 bits per heavy atom. The molecule has 0 aliphatic carbocycles. The van der Waals surface area contributed by atoms with Gasteiger partial charge in [-0.3, -0.25) is 4.98 Å². The first kappa shape index (κ1) is 14.9. The Hall–Kier alpha value is -1.45. The van der Waals surface area contributed by atoms with Gasteiger partial charge in [-0.05, 0) is 49.2 Å². The molecular formula is C16H18ClFN2. The molecule has 0 aliphatic heterocycles. The number of hydrogen-bond donors (Lipinski definition) is 1. The summed E-state index contributed by atoms with van der Waals surface area (Å²) in [6, 6.07) is 7.22. The SMILES string of the molecule is CCCNC(c1ccc(Cl)cc1C)c1ccncc1F. The van der Waals surface area contributed by atoms with Crippen molar-refractivity contribution in [2.45, 2.75) is 26.3 Å². The van der Waals surface area contributed by atoms with Crippen LogP contribution in [0.25, 0.3) is 0 Å². The number of halogens is 2. The number of benzene rings is 1. The van der Waals surface area contributed by atoms with Gasteiger partial charge in [0.2, 0.25) is 0 Å². The van der Waals surface area contributed by atoms with Gasteiger partial charge in [0.15, 0.2) is 0 Å². The fourth-order valence-electron chi connectivity index (χ4n) is 2.26. The first-order chi connectivity index (χ1) is 9.63. The lowest BCUT2D eigenvalue weighted by atomic mass is 9.95. The zero-order valence-corrected chi connectivity index (χ0v) is 12.4. The van der Waals surface area contributed by atoms with Crippen LogP contribution in [0, 0.1) is 12.7 Å². The van der Waals surface area contributed by atoms with Crippen molar-refractivity contribution in [3.63, 3.8) is 0 Å². The van der Waals surface area contributed by atoms with Crippen LogP contribution in [0.5, 0.6) is 0 Å². The van der Waals surface area contributed by atoms with Crippen molar-refractivity contribution in [1.29, 1.82) is 0 Å². The second kappa shape index (κ2) is 6.82. The Balaban J connectivity index is 2.44. The minimum absolute atomic E-state index is 0.185. The van der Waals surface area contributed by atoms with Crippen molar-refractivity contribution >= 4 is 11.6 Å². The van der Waals surface area contributed by atoms with E-state index in [1.165, 1.54) is 6.20 Å². The highest BCUT2D eigenvalue weighted by molar-refractivity contribution is 6.30. The van der Waals surface area contributed by atoms with Crippen LogP contribution in [-0.4, -0.2) is 11.5 Å². The summed E-state index contributed by atoms with van der Waals surface area (Å²) in [7, 11) is 0. The summed E-state index contributed by atoms with van der Waals surface area (Å²) in [5.41, 5.74) is 2.69. The molecule has 1 aromatic carbocycles. The Morgan fingerprint density at radius 2 is 2.10 bits per heavy atom. The molecule has 2 nitrogen and oxygen atoms in total. The maximum absolute atomic E-state index is 14.0. The van der Waals surface area contributed by atoms with Crippen molar-refractivity contribution in [3.05, 3.63) is 64.2 Å². The number of aryl methyl sites for hydroxylation is 1. The zero-order chi connectivity index (χ0) is 14.5. The molecule has 1 unspecified atom stereocenters. The normalized spacial score (nSPS) is 12.4. The standard InChI is InChI=1S/C16H18ClFN2/c1-3-7-20-16(14-6-8-19-10-15(14)18)13-5-4-12(17)9-11(13)2/h4-6,8-10,16,20H,3,7H2,1-2H3. The van der Waals surface area contributed by atoms with Crippen molar-refractivity contribution in [3.8, 4) is 0 Å². The molecule has 2 aromatic rings. The molecule has 0 aliphatic rings. The van der Waals surface area contributed by atoms with Crippen LogP contribution < -0.4 is 5.32 Å². The predicted octanol–water partition coefficient (Wildman–Crippen LogP) is 4.27. The molecule has 2 rings (SSSR count). The van der Waals surface area contributed by atoms with Crippen LogP contribution in [0.1, 0.15) is 36.1 Å². The molecule has 20 heavy (non-hydrogen) atoms. The molecule has 1 aromatic heterocycles. The number of nitrogens with zero attached hydrogens (tertiary/aromatic N) is 1. The van der Waals surface area contributed by atoms with Crippen LogP contribution in [0.2, 0.25) is 5.02 Å². The van der Waals surface area contributed by atoms with Gasteiger partial charge in [-0.2, -0.15) is 0 Å². The van der Waals surface area contributed by atoms with E-state index in [0.29, 0.717) is 10.6 Å². The van der Waals surface area contributed by atoms with Gasteiger partial charge in [0.25, 0.3) is 0 Å². The molecule has 0 radical (unpaired) electrons. The fraction of sp³-hybridized carbons (Fsp3) is 0.312. The summed E-state index contributed by atoms with van der Waals surface area (Å²) < 4.78 is 14.0. The number of pyridine rings is 1. The summed E-state index contributed by atoms with van der Waals surface area (Å²) >= 11 is 6.00. The maximum atomic E-state index is 14.0. The number of aromatic nitrogens is 1. The zero-order valence-electron chi connectivity index (χ0n) is 11.7. The van der Waals surface area contributed by atoms with Gasteiger partial charge in [-0.1, -0.05) is 24.6 Å². The number of hydrogen-bond acceptors (Lipinski definition) is 2. The van der Waals surface area contributed by atoms with E-state index in [-0.39, 0.29) is 11.9 Å². The minimum atomic E-state index is -0.296. The molecule has 0 saturated heterocycles. The van der Waals surface area contributed by atoms with E-state index in [9.17, 15) is 4.39 Å². The Kier molecular flexibility index (Phi) is 5.10. The average Bonchev–Trinajstić information content (AvgIpc) is 2.42. The Labute approximate surface area is 124 Å². The van der Waals surface area contributed by atoms with Crippen molar-refractivity contribution in [1.82, 2.24) is 10.3 Å². The third kappa shape index (κ3) is 3.35. The van der Waals surface area contributed by atoms with Gasteiger partial charge in [-0.15, -0.1) is 0 Å². The molecule has 0 amide bonds. The van der Waals surface area contributed by atoms with Crippen molar-refractivity contribution in [2.24, 2.45) is 0 Å². The van der Waals surface area contributed by atoms with Crippen LogP contribution in [-0.2, 0) is 0 Å². The largest absolute Gasteiger partial charge is 0.306 e. The number of nitrogens with one attached hydrogen (secondary N) is 1. The molecule has 1 heterocycles. The van der Waals surface area contributed by atoms with E-state index in [4.69, 9.17) is 11.6 Å². The quantitative estimate of drug-likeness (QED) is 0.890. The highest BCUT2D eigenvalue weighted by atomic mass is 35.5. The summed E-state index contributed by atoms with van der Waals surface area (Å²) in [5.74, 6) is -0.296. The summed E-state index contributed by atoms with van der Waals surface area (Å²) in [4.78, 5) is 3.81. The van der Waals surface area contributed by atoms with Gasteiger partial charge < -0.3 is 5.32 Å². The highest BCUT2D eigenvalue weighted by Crippen LogP contribution is 2.28. The van der Waals surface area contributed by atoms with Crippen LogP contribution in [0.4, 0.5) is 4.39 Å². The third-order valence-corrected chi connectivity index (χ3v) is 3.49. The fourth-order valence-corrected chi connectivity index (χ4v) is 2.49. The van der Waals surface area contributed by atoms with E-state index in [2.05, 4.69) is 17.2 Å². The van der Waals surface area contributed by atoms with Gasteiger partial charge in [-0.25, -0.2) is 4.39 Å². The maximum Gasteiger partial charge on any atom is 0.146 e. The second-order valence-electron chi connectivity index (χ2n) is 4.79. The summed E-state index contributed by atoms with van der Waals surface area (Å²) in [5, 5.41) is 4.08. The molecule has 0 fully saturated rings. The highest BCUT2D eigenvalue weighted by Gasteiger charge is 2.19. The van der Waals surface area contributed by atoms with E-state index in [1.807, 2.05) is 25.1 Å². The van der Waals surface area contributed by atoms with E-state index in [1.54, 1.807) is 12.3 Å². The number of rotatable bonds is 5. The second-order valence-corrected chi connectivity index (χ2v) is 5.22. The molecule has 1 atom stereocenters. The predicted molar refractivity (Wildman–Crippen MR) is 80.5 cm³/mol. The minimum Gasteiger partial charge on any atom is -0.306 e. The van der Waals surface area contributed by atoms with Crippen LogP contribution in [0.15, 0.2) is 36.7 Å². The molecule has 0 spiro atoms. The molecule has 1 N–H and O–H groups in total. The van der Waals surface area contributed by atoms with Crippen LogP contribution >= 0.6 is 11.6 Å². The molecule has 4 heteroatoms. The van der Waals surface area contributed by atoms with E-state index < -0.39 is 0 Å². The topological polar surface area (TPSA) is 24.9 Å². The lowest BCUT2D eigenvalue weighted by molar-refractivity contribution is 0.542. The van der Waals surface area contributed by atoms with Gasteiger partial charge in [0.05, 0.1) is 12.2 Å². The lowest BCUT2D eigenvalue weighted by Crippen LogP contribution is -2.25. The Morgan fingerprint density at radius 3 is 2.75 bits per heavy atom.